The van der Waals surface area contributed by atoms with E-state index in [0.29, 0.717) is 13.0 Å². The third-order valence-corrected chi connectivity index (χ3v) is 3.07. The van der Waals surface area contributed by atoms with Crippen LogP contribution in [0.25, 0.3) is 0 Å². The van der Waals surface area contributed by atoms with Crippen molar-refractivity contribution < 1.29 is 19.8 Å². The van der Waals surface area contributed by atoms with Gasteiger partial charge in [-0.1, -0.05) is 19.1 Å². The highest BCUT2D eigenvalue weighted by Crippen LogP contribution is 2.05. The van der Waals surface area contributed by atoms with Gasteiger partial charge < -0.3 is 15.5 Å². The van der Waals surface area contributed by atoms with Crippen molar-refractivity contribution in [2.75, 3.05) is 6.54 Å². The predicted octanol–water partition coefficient (Wildman–Crippen LogP) is 1.59. The summed E-state index contributed by atoms with van der Waals surface area (Å²) in [6.07, 6.45) is 2.10. The first-order chi connectivity index (χ1) is 9.52. The molecule has 5 heteroatoms. The maximum atomic E-state index is 11.7. The molecule has 0 aliphatic rings. The lowest BCUT2D eigenvalue weighted by atomic mass is 10.1. The second-order valence-corrected chi connectivity index (χ2v) is 4.73. The Hall–Kier alpha value is -1.88. The first-order valence-corrected chi connectivity index (χ1v) is 6.80. The van der Waals surface area contributed by atoms with Gasteiger partial charge in [0.2, 0.25) is 5.91 Å². The third kappa shape index (κ3) is 5.84. The Balaban J connectivity index is 2.30. The summed E-state index contributed by atoms with van der Waals surface area (Å²) in [6.45, 7) is 2.47. The van der Waals surface area contributed by atoms with Crippen molar-refractivity contribution in [1.82, 2.24) is 5.32 Å². The summed E-state index contributed by atoms with van der Waals surface area (Å²) >= 11 is 0. The number of aromatic carboxylic acids is 1. The van der Waals surface area contributed by atoms with Crippen LogP contribution >= 0.6 is 0 Å². The Morgan fingerprint density at radius 3 is 2.45 bits per heavy atom. The van der Waals surface area contributed by atoms with Crippen LogP contribution in [0, 0.1) is 0 Å². The molecule has 20 heavy (non-hydrogen) atoms. The van der Waals surface area contributed by atoms with E-state index in [0.717, 1.165) is 18.4 Å². The normalized spacial score (nSPS) is 11.9. The molecule has 0 spiro atoms. The number of rotatable bonds is 8. The van der Waals surface area contributed by atoms with Gasteiger partial charge in [-0.25, -0.2) is 4.79 Å². The number of aliphatic hydroxyl groups excluding tert-OH is 1. The number of hydrogen-bond donors (Lipinski definition) is 3. The van der Waals surface area contributed by atoms with Crippen molar-refractivity contribution in [2.45, 2.75) is 38.7 Å². The van der Waals surface area contributed by atoms with Crippen LogP contribution in [0.15, 0.2) is 24.3 Å². The molecule has 110 valence electrons. The van der Waals surface area contributed by atoms with Crippen LogP contribution in [0.1, 0.15) is 42.1 Å². The predicted molar refractivity (Wildman–Crippen MR) is 75.6 cm³/mol. The summed E-state index contributed by atoms with van der Waals surface area (Å²) in [4.78, 5) is 22.3. The van der Waals surface area contributed by atoms with E-state index in [-0.39, 0.29) is 24.0 Å². The molecule has 1 rings (SSSR count). The molecule has 0 bridgehead atoms. The zero-order valence-electron chi connectivity index (χ0n) is 11.6. The van der Waals surface area contributed by atoms with Crippen molar-refractivity contribution in [3.8, 4) is 0 Å². The van der Waals surface area contributed by atoms with Crippen LogP contribution in [0.3, 0.4) is 0 Å². The van der Waals surface area contributed by atoms with Gasteiger partial charge in [0, 0.05) is 6.54 Å². The number of carboxylic acid groups (broad SMARTS) is 1. The molecule has 3 N–H and O–H groups in total. The summed E-state index contributed by atoms with van der Waals surface area (Å²) in [5.74, 6) is -1.07. The number of carbonyl (C=O) groups excluding carboxylic acids is 1. The van der Waals surface area contributed by atoms with E-state index < -0.39 is 5.97 Å². The molecule has 0 heterocycles. The molecule has 5 nitrogen and oxygen atoms in total. The molecular formula is C15H21NO4. The van der Waals surface area contributed by atoms with E-state index in [1.807, 2.05) is 6.92 Å². The fourth-order valence-electron chi connectivity index (χ4n) is 1.78. The van der Waals surface area contributed by atoms with Crippen LogP contribution in [0.5, 0.6) is 0 Å². The van der Waals surface area contributed by atoms with E-state index in [2.05, 4.69) is 5.32 Å². The Kier molecular flexibility index (Phi) is 6.73. The maximum Gasteiger partial charge on any atom is 0.335 e. The van der Waals surface area contributed by atoms with E-state index in [9.17, 15) is 14.7 Å². The summed E-state index contributed by atoms with van der Waals surface area (Å²) in [6, 6.07) is 6.26. The van der Waals surface area contributed by atoms with E-state index in [4.69, 9.17) is 5.11 Å². The Morgan fingerprint density at radius 2 is 1.90 bits per heavy atom. The van der Waals surface area contributed by atoms with Gasteiger partial charge in [0.25, 0.3) is 0 Å². The second kappa shape index (κ2) is 8.32. The van der Waals surface area contributed by atoms with Gasteiger partial charge in [0.1, 0.15) is 0 Å². The minimum absolute atomic E-state index is 0.0981. The van der Waals surface area contributed by atoms with Crippen LogP contribution in [0.2, 0.25) is 0 Å². The number of nitrogens with one attached hydrogen (secondary N) is 1. The fraction of sp³-hybridized carbons (Fsp3) is 0.467. The van der Waals surface area contributed by atoms with E-state index in [1.54, 1.807) is 12.1 Å². The standard InChI is InChI=1S/C15H21NO4/c1-2-13(17)4-3-9-16-14(18)10-11-5-7-12(8-6-11)15(19)20/h5-8,13,17H,2-4,9-10H2,1H3,(H,16,18)(H,19,20). The second-order valence-electron chi connectivity index (χ2n) is 4.73. The van der Waals surface area contributed by atoms with E-state index >= 15 is 0 Å². The number of aliphatic hydroxyl groups is 1. The zero-order valence-corrected chi connectivity index (χ0v) is 11.6. The fourth-order valence-corrected chi connectivity index (χ4v) is 1.78. The van der Waals surface area contributed by atoms with Crippen molar-refractivity contribution in [2.24, 2.45) is 0 Å². The molecule has 0 saturated carbocycles. The molecule has 1 amide bonds. The molecule has 1 unspecified atom stereocenters. The summed E-state index contributed by atoms with van der Waals surface area (Å²) < 4.78 is 0. The minimum Gasteiger partial charge on any atom is -0.478 e. The molecule has 0 aromatic heterocycles. The van der Waals surface area contributed by atoms with Crippen molar-refractivity contribution in [3.63, 3.8) is 0 Å². The monoisotopic (exact) mass is 279 g/mol. The van der Waals surface area contributed by atoms with Crippen molar-refractivity contribution >= 4 is 11.9 Å². The topological polar surface area (TPSA) is 86.6 Å². The summed E-state index contributed by atoms with van der Waals surface area (Å²) in [5.41, 5.74) is 0.990. The zero-order chi connectivity index (χ0) is 15.0. The van der Waals surface area contributed by atoms with Gasteiger partial charge >= 0.3 is 5.97 Å². The minimum atomic E-state index is -0.976. The van der Waals surface area contributed by atoms with Gasteiger partial charge in [-0.15, -0.1) is 0 Å². The van der Waals surface area contributed by atoms with Crippen LogP contribution in [-0.4, -0.2) is 34.7 Å². The van der Waals surface area contributed by atoms with Gasteiger partial charge in [-0.2, -0.15) is 0 Å². The highest BCUT2D eigenvalue weighted by atomic mass is 16.4. The SMILES string of the molecule is CCC(O)CCCNC(=O)Cc1ccc(C(=O)O)cc1. The van der Waals surface area contributed by atoms with Gasteiger partial charge in [0.05, 0.1) is 18.1 Å². The van der Waals surface area contributed by atoms with Gasteiger partial charge in [0.15, 0.2) is 0 Å². The first kappa shape index (κ1) is 16.2. The average molecular weight is 279 g/mol. The molecule has 0 aliphatic heterocycles. The Morgan fingerprint density at radius 1 is 1.25 bits per heavy atom. The molecule has 0 fully saturated rings. The van der Waals surface area contributed by atoms with Crippen LogP contribution in [-0.2, 0) is 11.2 Å². The Labute approximate surface area is 118 Å². The number of carbonyl (C=O) groups is 2. The molecule has 0 aliphatic carbocycles. The third-order valence-electron chi connectivity index (χ3n) is 3.07. The lowest BCUT2D eigenvalue weighted by Gasteiger charge is -2.08. The first-order valence-electron chi connectivity index (χ1n) is 6.80. The Bertz CT molecular complexity index is 442. The van der Waals surface area contributed by atoms with Gasteiger partial charge in [-0.3, -0.25) is 4.79 Å². The van der Waals surface area contributed by atoms with Crippen LogP contribution < -0.4 is 5.32 Å². The maximum absolute atomic E-state index is 11.7. The molecule has 1 aromatic carbocycles. The van der Waals surface area contributed by atoms with E-state index in [1.165, 1.54) is 12.1 Å². The molecule has 1 atom stereocenters. The molecule has 0 saturated heterocycles. The quantitative estimate of drug-likeness (QED) is 0.631. The molecule has 0 radical (unpaired) electrons. The summed E-state index contributed by atoms with van der Waals surface area (Å²) in [5, 5.41) is 20.9. The largest absolute Gasteiger partial charge is 0.478 e. The average Bonchev–Trinajstić information content (AvgIpc) is 2.43. The van der Waals surface area contributed by atoms with Crippen molar-refractivity contribution in [3.05, 3.63) is 35.4 Å². The highest BCUT2D eigenvalue weighted by Gasteiger charge is 2.06. The highest BCUT2D eigenvalue weighted by molar-refractivity contribution is 5.87. The molecule has 1 aromatic rings. The number of benzene rings is 1. The smallest absolute Gasteiger partial charge is 0.335 e. The van der Waals surface area contributed by atoms with Crippen molar-refractivity contribution in [1.29, 1.82) is 0 Å². The lowest BCUT2D eigenvalue weighted by Crippen LogP contribution is -2.26. The lowest BCUT2D eigenvalue weighted by molar-refractivity contribution is -0.120. The molecular weight excluding hydrogens is 258 g/mol. The number of carboxylic acids is 1. The summed E-state index contributed by atoms with van der Waals surface area (Å²) in [7, 11) is 0. The van der Waals surface area contributed by atoms with Crippen LogP contribution in [0.4, 0.5) is 0 Å². The number of amides is 1. The number of hydrogen-bond acceptors (Lipinski definition) is 3. The van der Waals surface area contributed by atoms with Gasteiger partial charge in [-0.05, 0) is 37.0 Å².